The molecule has 3 rings (SSSR count). The molecule has 0 saturated carbocycles. The van der Waals surface area contributed by atoms with Crippen molar-refractivity contribution >= 4 is 17.7 Å². The highest BCUT2D eigenvalue weighted by Gasteiger charge is 2.14. The summed E-state index contributed by atoms with van der Waals surface area (Å²) in [6.45, 7) is 1.99. The van der Waals surface area contributed by atoms with Gasteiger partial charge < -0.3 is 10.1 Å². The molecule has 1 N–H and O–H groups in total. The summed E-state index contributed by atoms with van der Waals surface area (Å²) in [5.41, 5.74) is 2.73. The summed E-state index contributed by atoms with van der Waals surface area (Å²) >= 11 is 1.72. The number of thioether (sulfide) groups is 1. The highest BCUT2D eigenvalue weighted by atomic mass is 32.2. The zero-order valence-electron chi connectivity index (χ0n) is 15.5. The topological polar surface area (TPSA) is 38.3 Å². The first-order valence-corrected chi connectivity index (χ1v) is 9.86. The fourth-order valence-electron chi connectivity index (χ4n) is 2.82. The van der Waals surface area contributed by atoms with Gasteiger partial charge in [0.1, 0.15) is 5.75 Å². The van der Waals surface area contributed by atoms with Crippen molar-refractivity contribution in [3.8, 4) is 5.75 Å². The van der Waals surface area contributed by atoms with E-state index in [0.29, 0.717) is 5.56 Å². The number of carbonyl (C=O) groups excluding carboxylic acids is 1. The standard InChI is InChI=1S/C23H23NO2S/c1-17(18-9-5-3-6-10-18)24-23(25)19-13-14-22(26-2)20(15-19)16-27-21-11-7-4-8-12-21/h3-15,17H,16H2,1-2H3,(H,24,25). The Balaban J connectivity index is 1.72. The van der Waals surface area contributed by atoms with Crippen molar-refractivity contribution in [2.24, 2.45) is 0 Å². The Bertz CT molecular complexity index is 881. The van der Waals surface area contributed by atoms with Crippen molar-refractivity contribution in [3.63, 3.8) is 0 Å². The number of rotatable bonds is 7. The third-order valence-corrected chi connectivity index (χ3v) is 5.39. The van der Waals surface area contributed by atoms with E-state index in [2.05, 4.69) is 17.4 Å². The maximum absolute atomic E-state index is 12.7. The van der Waals surface area contributed by atoms with E-state index in [1.807, 2.05) is 73.7 Å². The van der Waals surface area contributed by atoms with Gasteiger partial charge in [-0.25, -0.2) is 0 Å². The number of carbonyl (C=O) groups is 1. The van der Waals surface area contributed by atoms with Crippen LogP contribution in [0.1, 0.15) is 34.5 Å². The molecule has 3 nitrogen and oxygen atoms in total. The second-order valence-electron chi connectivity index (χ2n) is 6.23. The third kappa shape index (κ3) is 5.14. The van der Waals surface area contributed by atoms with Crippen LogP contribution < -0.4 is 10.1 Å². The lowest BCUT2D eigenvalue weighted by molar-refractivity contribution is 0.0939. The van der Waals surface area contributed by atoms with Gasteiger partial charge in [0, 0.05) is 21.8 Å². The molecule has 1 atom stereocenters. The van der Waals surface area contributed by atoms with Crippen molar-refractivity contribution < 1.29 is 9.53 Å². The van der Waals surface area contributed by atoms with Crippen molar-refractivity contribution in [2.75, 3.05) is 7.11 Å². The Kier molecular flexibility index (Phi) is 6.55. The number of hydrogen-bond acceptors (Lipinski definition) is 3. The van der Waals surface area contributed by atoms with Gasteiger partial charge in [-0.3, -0.25) is 4.79 Å². The molecule has 1 amide bonds. The van der Waals surface area contributed by atoms with Gasteiger partial charge in [-0.05, 0) is 42.8 Å². The van der Waals surface area contributed by atoms with Crippen LogP contribution >= 0.6 is 11.8 Å². The molecule has 0 spiro atoms. The van der Waals surface area contributed by atoms with Crippen molar-refractivity contribution in [3.05, 3.63) is 95.6 Å². The van der Waals surface area contributed by atoms with Crippen LogP contribution in [0.5, 0.6) is 5.75 Å². The molecule has 0 radical (unpaired) electrons. The zero-order chi connectivity index (χ0) is 19.1. The van der Waals surface area contributed by atoms with Crippen LogP contribution in [-0.4, -0.2) is 13.0 Å². The second-order valence-corrected chi connectivity index (χ2v) is 7.28. The molecule has 3 aromatic rings. The molecule has 0 aromatic heterocycles. The van der Waals surface area contributed by atoms with Crippen molar-refractivity contribution in [1.29, 1.82) is 0 Å². The molecule has 0 bridgehead atoms. The molecular formula is C23H23NO2S. The van der Waals surface area contributed by atoms with Crippen LogP contribution in [0.15, 0.2) is 83.8 Å². The van der Waals surface area contributed by atoms with E-state index >= 15 is 0 Å². The predicted molar refractivity (Wildman–Crippen MR) is 111 cm³/mol. The SMILES string of the molecule is COc1ccc(C(=O)NC(C)c2ccccc2)cc1CSc1ccccc1. The summed E-state index contributed by atoms with van der Waals surface area (Å²) in [7, 11) is 1.66. The minimum Gasteiger partial charge on any atom is -0.496 e. The van der Waals surface area contributed by atoms with Crippen molar-refractivity contribution in [1.82, 2.24) is 5.32 Å². The maximum Gasteiger partial charge on any atom is 0.251 e. The lowest BCUT2D eigenvalue weighted by atomic mass is 10.1. The Labute approximate surface area is 164 Å². The average molecular weight is 378 g/mol. The Hall–Kier alpha value is -2.72. The number of methoxy groups -OCH3 is 1. The summed E-state index contributed by atoms with van der Waals surface area (Å²) in [5.74, 6) is 1.45. The molecule has 0 fully saturated rings. The normalized spacial score (nSPS) is 11.6. The number of amides is 1. The largest absolute Gasteiger partial charge is 0.496 e. The molecule has 0 saturated heterocycles. The molecule has 1 unspecified atom stereocenters. The van der Waals surface area contributed by atoms with Gasteiger partial charge in [-0.15, -0.1) is 11.8 Å². The number of benzene rings is 3. The molecule has 27 heavy (non-hydrogen) atoms. The highest BCUT2D eigenvalue weighted by molar-refractivity contribution is 7.98. The Morgan fingerprint density at radius 1 is 1.00 bits per heavy atom. The molecule has 4 heteroatoms. The monoisotopic (exact) mass is 377 g/mol. The van der Waals surface area contributed by atoms with Crippen LogP contribution in [0.3, 0.4) is 0 Å². The van der Waals surface area contributed by atoms with Gasteiger partial charge in [0.05, 0.1) is 13.2 Å². The maximum atomic E-state index is 12.7. The van der Waals surface area contributed by atoms with Gasteiger partial charge in [0.25, 0.3) is 5.91 Å². The first-order chi connectivity index (χ1) is 13.2. The molecule has 0 heterocycles. The van der Waals surface area contributed by atoms with Gasteiger partial charge >= 0.3 is 0 Å². The minimum atomic E-state index is -0.0834. The van der Waals surface area contributed by atoms with Crippen LogP contribution in [0.25, 0.3) is 0 Å². The van der Waals surface area contributed by atoms with Gasteiger partial charge in [0.15, 0.2) is 0 Å². The van der Waals surface area contributed by atoms with Crippen LogP contribution in [0.2, 0.25) is 0 Å². The predicted octanol–water partition coefficient (Wildman–Crippen LogP) is 5.48. The van der Waals surface area contributed by atoms with Crippen LogP contribution in [0, 0.1) is 0 Å². The first-order valence-electron chi connectivity index (χ1n) is 8.88. The summed E-state index contributed by atoms with van der Waals surface area (Å²) in [5, 5.41) is 3.06. The number of ether oxygens (including phenoxy) is 1. The summed E-state index contributed by atoms with van der Waals surface area (Å²) in [6.07, 6.45) is 0. The van der Waals surface area contributed by atoms with Gasteiger partial charge in [-0.1, -0.05) is 48.5 Å². The fourth-order valence-corrected chi connectivity index (χ4v) is 3.71. The molecule has 0 aliphatic carbocycles. The first kappa shape index (κ1) is 19.1. The van der Waals surface area contributed by atoms with E-state index in [-0.39, 0.29) is 11.9 Å². The Morgan fingerprint density at radius 3 is 2.33 bits per heavy atom. The molecule has 138 valence electrons. The molecular weight excluding hydrogens is 354 g/mol. The van der Waals surface area contributed by atoms with Crippen molar-refractivity contribution in [2.45, 2.75) is 23.6 Å². The number of hydrogen-bond donors (Lipinski definition) is 1. The third-order valence-electron chi connectivity index (χ3n) is 4.33. The van der Waals surface area contributed by atoms with E-state index in [1.54, 1.807) is 18.9 Å². The van der Waals surface area contributed by atoms with Gasteiger partial charge in [-0.2, -0.15) is 0 Å². The molecule has 0 aliphatic heterocycles. The summed E-state index contributed by atoms with van der Waals surface area (Å²) < 4.78 is 5.47. The smallest absolute Gasteiger partial charge is 0.251 e. The average Bonchev–Trinajstić information content (AvgIpc) is 2.73. The molecule has 0 aliphatic rings. The quantitative estimate of drug-likeness (QED) is 0.554. The van der Waals surface area contributed by atoms with E-state index < -0.39 is 0 Å². The lowest BCUT2D eigenvalue weighted by Crippen LogP contribution is -2.26. The molecule has 3 aromatic carbocycles. The lowest BCUT2D eigenvalue weighted by Gasteiger charge is -2.15. The minimum absolute atomic E-state index is 0.0528. The zero-order valence-corrected chi connectivity index (χ0v) is 16.3. The van der Waals surface area contributed by atoms with Crippen LogP contribution in [0.4, 0.5) is 0 Å². The number of nitrogens with one attached hydrogen (secondary N) is 1. The van der Waals surface area contributed by atoms with E-state index in [4.69, 9.17) is 4.74 Å². The second kappa shape index (κ2) is 9.28. The fraction of sp³-hybridized carbons (Fsp3) is 0.174. The van der Waals surface area contributed by atoms with Gasteiger partial charge in [0.2, 0.25) is 0 Å². The summed E-state index contributed by atoms with van der Waals surface area (Å²) in [6, 6.07) is 25.7. The Morgan fingerprint density at radius 2 is 1.67 bits per heavy atom. The van der Waals surface area contributed by atoms with E-state index in [1.165, 1.54) is 4.90 Å². The highest BCUT2D eigenvalue weighted by Crippen LogP contribution is 2.29. The summed E-state index contributed by atoms with van der Waals surface area (Å²) in [4.78, 5) is 13.9. The van der Waals surface area contributed by atoms with Crippen LogP contribution in [-0.2, 0) is 5.75 Å². The van der Waals surface area contributed by atoms with E-state index in [0.717, 1.165) is 22.6 Å². The van der Waals surface area contributed by atoms with E-state index in [9.17, 15) is 4.79 Å².